The number of benzene rings is 2. The van der Waals surface area contributed by atoms with E-state index in [9.17, 15) is 4.79 Å². The van der Waals surface area contributed by atoms with E-state index >= 15 is 0 Å². The van der Waals surface area contributed by atoms with Crippen LogP contribution in [0.4, 0.5) is 4.79 Å². The Morgan fingerprint density at radius 2 is 1.57 bits per heavy atom. The van der Waals surface area contributed by atoms with Gasteiger partial charge in [0.15, 0.2) is 0 Å². The third-order valence-corrected chi connectivity index (χ3v) is 7.92. The van der Waals surface area contributed by atoms with E-state index < -0.39 is 0 Å². The number of nitrogens with zero attached hydrogens (tertiary/aromatic N) is 1. The third-order valence-electron chi connectivity index (χ3n) is 7.92. The number of ether oxygens (including phenoxy) is 2. The van der Waals surface area contributed by atoms with Crippen molar-refractivity contribution in [3.05, 3.63) is 71.3 Å². The molecule has 2 atom stereocenters. The molecule has 0 saturated carbocycles. The Bertz CT molecular complexity index is 1000. The molecule has 2 heterocycles. The van der Waals surface area contributed by atoms with Crippen LogP contribution in [0.1, 0.15) is 81.8 Å². The molecule has 0 N–H and O–H groups in total. The number of rotatable bonds is 10. The number of morpholine rings is 1. The lowest BCUT2D eigenvalue weighted by Crippen LogP contribution is -2.56. The summed E-state index contributed by atoms with van der Waals surface area (Å²) in [5.74, 6) is 0.0932. The van der Waals surface area contributed by atoms with Crippen LogP contribution in [0.5, 0.6) is 0 Å². The molecule has 1 amide bonds. The van der Waals surface area contributed by atoms with Crippen LogP contribution < -0.4 is 0 Å². The summed E-state index contributed by atoms with van der Waals surface area (Å²) in [4.78, 5) is 15.3. The minimum atomic E-state index is -0.198. The molecule has 0 aromatic heterocycles. The van der Waals surface area contributed by atoms with Crippen molar-refractivity contribution in [2.45, 2.75) is 82.7 Å². The van der Waals surface area contributed by atoms with Gasteiger partial charge in [-0.25, -0.2) is 4.79 Å². The largest absolute Gasteiger partial charge is 0.448 e. The van der Waals surface area contributed by atoms with E-state index in [1.807, 2.05) is 4.90 Å². The summed E-state index contributed by atoms with van der Waals surface area (Å²) in [7, 11) is 0. The highest BCUT2D eigenvalue weighted by Crippen LogP contribution is 2.44. The maximum Gasteiger partial charge on any atom is 0.410 e. The zero-order valence-corrected chi connectivity index (χ0v) is 21.1. The van der Waals surface area contributed by atoms with Gasteiger partial charge in [0.05, 0.1) is 25.3 Å². The summed E-state index contributed by atoms with van der Waals surface area (Å²) >= 11 is 0. The minimum Gasteiger partial charge on any atom is -0.448 e. The van der Waals surface area contributed by atoms with Crippen molar-refractivity contribution in [2.75, 3.05) is 19.8 Å². The van der Waals surface area contributed by atoms with E-state index in [-0.39, 0.29) is 24.1 Å². The molecule has 3 aliphatic rings. The molecule has 1 saturated heterocycles. The van der Waals surface area contributed by atoms with Gasteiger partial charge in [0.1, 0.15) is 6.61 Å². The van der Waals surface area contributed by atoms with E-state index in [4.69, 9.17) is 9.47 Å². The van der Waals surface area contributed by atoms with Gasteiger partial charge >= 0.3 is 6.09 Å². The van der Waals surface area contributed by atoms with Crippen LogP contribution in [0.2, 0.25) is 0 Å². The average Bonchev–Trinajstić information content (AvgIpc) is 3.20. The average molecular weight is 474 g/mol. The summed E-state index contributed by atoms with van der Waals surface area (Å²) in [5, 5.41) is 0. The summed E-state index contributed by atoms with van der Waals surface area (Å²) < 4.78 is 11.8. The zero-order valence-electron chi connectivity index (χ0n) is 21.1. The molecule has 4 heteroatoms. The van der Waals surface area contributed by atoms with Crippen LogP contribution in [0, 0.1) is 0 Å². The SMILES string of the molecule is CCCCCCCCCC1=CC2COCC(C1)N2C(=O)OCC1c2ccccc2-c2ccccc21. The van der Waals surface area contributed by atoms with Crippen molar-refractivity contribution < 1.29 is 14.3 Å². The summed E-state index contributed by atoms with van der Waals surface area (Å²) in [6.45, 7) is 3.82. The van der Waals surface area contributed by atoms with Crippen LogP contribution in [0.25, 0.3) is 11.1 Å². The second-order valence-corrected chi connectivity index (χ2v) is 10.4. The lowest BCUT2D eigenvalue weighted by molar-refractivity contribution is -0.0365. The van der Waals surface area contributed by atoms with E-state index in [2.05, 4.69) is 61.5 Å². The highest BCUT2D eigenvalue weighted by molar-refractivity contribution is 5.79. The van der Waals surface area contributed by atoms with Gasteiger partial charge in [-0.05, 0) is 41.5 Å². The van der Waals surface area contributed by atoms with E-state index in [1.165, 1.54) is 72.8 Å². The molecule has 2 aromatic rings. The lowest BCUT2D eigenvalue weighted by Gasteiger charge is -2.44. The molecule has 2 bridgehead atoms. The number of unbranched alkanes of at least 4 members (excludes halogenated alkanes) is 6. The van der Waals surface area contributed by atoms with Crippen molar-refractivity contribution in [2.24, 2.45) is 0 Å². The van der Waals surface area contributed by atoms with Gasteiger partial charge in [0.2, 0.25) is 0 Å². The molecular formula is C31H39NO3. The van der Waals surface area contributed by atoms with Gasteiger partial charge in [-0.1, -0.05) is 106 Å². The van der Waals surface area contributed by atoms with Crippen molar-refractivity contribution in [3.63, 3.8) is 0 Å². The monoisotopic (exact) mass is 473 g/mol. The van der Waals surface area contributed by atoms with Crippen LogP contribution in [-0.4, -0.2) is 42.9 Å². The van der Waals surface area contributed by atoms with Crippen LogP contribution in [-0.2, 0) is 9.47 Å². The van der Waals surface area contributed by atoms with E-state index in [0.717, 1.165) is 12.8 Å². The number of amides is 1. The first kappa shape index (κ1) is 24.1. The molecule has 1 aliphatic carbocycles. The maximum absolute atomic E-state index is 13.3. The number of fused-ring (bicyclic) bond motifs is 5. The second kappa shape index (κ2) is 11.4. The molecule has 2 aromatic carbocycles. The Labute approximate surface area is 210 Å². The predicted octanol–water partition coefficient (Wildman–Crippen LogP) is 7.48. The molecule has 4 nitrogen and oxygen atoms in total. The molecule has 2 unspecified atom stereocenters. The fourth-order valence-corrected chi connectivity index (χ4v) is 6.13. The third kappa shape index (κ3) is 5.33. The lowest BCUT2D eigenvalue weighted by atomic mass is 9.91. The standard InChI is InChI=1S/C31H39NO3/c1-2-3-4-5-6-7-8-13-23-18-24-20-34-21-25(19-23)32(24)31(33)35-22-30-28-16-11-9-14-26(28)27-15-10-12-17-29(27)30/h9-12,14-18,24-25,30H,2-8,13,19-22H2,1H3. The van der Waals surface area contributed by atoms with Gasteiger partial charge in [0.25, 0.3) is 0 Å². The fraction of sp³-hybridized carbons (Fsp3) is 0.516. The summed E-state index contributed by atoms with van der Waals surface area (Å²) in [6.07, 6.45) is 13.5. The molecule has 5 rings (SSSR count). The Kier molecular flexibility index (Phi) is 7.88. The van der Waals surface area contributed by atoms with Gasteiger partial charge in [-0.2, -0.15) is 0 Å². The van der Waals surface area contributed by atoms with Crippen molar-refractivity contribution in [3.8, 4) is 11.1 Å². The maximum atomic E-state index is 13.3. The minimum absolute atomic E-state index is 0.00213. The Morgan fingerprint density at radius 1 is 0.914 bits per heavy atom. The summed E-state index contributed by atoms with van der Waals surface area (Å²) in [6, 6.07) is 17.1. The van der Waals surface area contributed by atoms with Crippen LogP contribution >= 0.6 is 0 Å². The van der Waals surface area contributed by atoms with Crippen molar-refractivity contribution in [1.82, 2.24) is 4.90 Å². The van der Waals surface area contributed by atoms with Gasteiger partial charge in [0, 0.05) is 5.92 Å². The highest BCUT2D eigenvalue weighted by atomic mass is 16.6. The summed E-state index contributed by atoms with van der Waals surface area (Å²) in [5.41, 5.74) is 6.51. The molecule has 0 spiro atoms. The topological polar surface area (TPSA) is 38.8 Å². The number of hydrogen-bond acceptors (Lipinski definition) is 3. The second-order valence-electron chi connectivity index (χ2n) is 10.4. The number of carbonyl (C=O) groups is 1. The van der Waals surface area contributed by atoms with Crippen LogP contribution in [0.15, 0.2) is 60.2 Å². The number of hydrogen-bond donors (Lipinski definition) is 0. The van der Waals surface area contributed by atoms with Crippen LogP contribution in [0.3, 0.4) is 0 Å². The quantitative estimate of drug-likeness (QED) is 0.265. The first-order chi connectivity index (χ1) is 17.3. The normalized spacial score (nSPS) is 20.8. The molecule has 0 radical (unpaired) electrons. The highest BCUT2D eigenvalue weighted by Gasteiger charge is 2.39. The Morgan fingerprint density at radius 3 is 2.26 bits per heavy atom. The van der Waals surface area contributed by atoms with E-state index in [0.29, 0.717) is 19.8 Å². The first-order valence-electron chi connectivity index (χ1n) is 13.7. The molecule has 186 valence electrons. The number of carbonyl (C=O) groups excluding carboxylic acids is 1. The fourth-order valence-electron chi connectivity index (χ4n) is 6.13. The van der Waals surface area contributed by atoms with Gasteiger partial charge in [-0.15, -0.1) is 0 Å². The first-order valence-corrected chi connectivity index (χ1v) is 13.7. The van der Waals surface area contributed by atoms with Gasteiger partial charge < -0.3 is 9.47 Å². The molecular weight excluding hydrogens is 434 g/mol. The predicted molar refractivity (Wildman–Crippen MR) is 141 cm³/mol. The van der Waals surface area contributed by atoms with Crippen molar-refractivity contribution in [1.29, 1.82) is 0 Å². The Balaban J connectivity index is 1.18. The zero-order chi connectivity index (χ0) is 24.0. The van der Waals surface area contributed by atoms with Crippen molar-refractivity contribution >= 4 is 6.09 Å². The Hall–Kier alpha value is -2.59. The molecule has 2 aliphatic heterocycles. The van der Waals surface area contributed by atoms with E-state index in [1.54, 1.807) is 0 Å². The smallest absolute Gasteiger partial charge is 0.410 e. The molecule has 35 heavy (non-hydrogen) atoms. The van der Waals surface area contributed by atoms with Gasteiger partial charge in [-0.3, -0.25) is 4.90 Å². The molecule has 1 fully saturated rings.